The van der Waals surface area contributed by atoms with Gasteiger partial charge in [0.05, 0.1) is 11.6 Å². The molecule has 0 atom stereocenters. The SMILES string of the molecule is Cc1cc(Oc2c(C(=O)O)cnc3c2cnn3C)n[nH]1. The number of nitrogens with zero attached hydrogens (tertiary/aromatic N) is 4. The van der Waals surface area contributed by atoms with Crippen molar-refractivity contribution in [1.29, 1.82) is 0 Å². The first-order valence-electron chi connectivity index (χ1n) is 5.80. The fraction of sp³-hybridized carbons (Fsp3) is 0.167. The van der Waals surface area contributed by atoms with Crippen LogP contribution in [0.4, 0.5) is 0 Å². The molecule has 0 amide bonds. The summed E-state index contributed by atoms with van der Waals surface area (Å²) < 4.78 is 7.15. The maximum Gasteiger partial charge on any atom is 0.341 e. The Labute approximate surface area is 113 Å². The lowest BCUT2D eigenvalue weighted by Gasteiger charge is -2.07. The summed E-state index contributed by atoms with van der Waals surface area (Å²) in [7, 11) is 1.72. The highest BCUT2D eigenvalue weighted by Gasteiger charge is 2.19. The minimum Gasteiger partial charge on any atom is -0.477 e. The number of rotatable bonds is 3. The molecule has 102 valence electrons. The summed E-state index contributed by atoms with van der Waals surface area (Å²) in [6.45, 7) is 1.82. The Hall–Kier alpha value is -2.90. The summed E-state index contributed by atoms with van der Waals surface area (Å²) in [4.78, 5) is 15.4. The van der Waals surface area contributed by atoms with Crippen LogP contribution in [0.25, 0.3) is 11.0 Å². The number of aromatic amines is 1. The van der Waals surface area contributed by atoms with Crippen molar-refractivity contribution in [2.24, 2.45) is 7.05 Å². The van der Waals surface area contributed by atoms with E-state index in [2.05, 4.69) is 20.3 Å². The summed E-state index contributed by atoms with van der Waals surface area (Å²) in [5.74, 6) is -0.644. The zero-order chi connectivity index (χ0) is 14.3. The molecule has 0 aliphatic carbocycles. The van der Waals surface area contributed by atoms with Gasteiger partial charge in [0.15, 0.2) is 11.4 Å². The van der Waals surface area contributed by atoms with Crippen LogP contribution in [0.3, 0.4) is 0 Å². The molecule has 2 N–H and O–H groups in total. The predicted octanol–water partition coefficient (Wildman–Crippen LogP) is 1.49. The molecular formula is C12H11N5O3. The lowest BCUT2D eigenvalue weighted by atomic mass is 10.2. The molecule has 0 fully saturated rings. The highest BCUT2D eigenvalue weighted by molar-refractivity contribution is 5.98. The number of H-pyrrole nitrogens is 1. The van der Waals surface area contributed by atoms with Gasteiger partial charge in [-0.05, 0) is 6.92 Å². The van der Waals surface area contributed by atoms with E-state index in [0.29, 0.717) is 16.9 Å². The molecule has 0 saturated carbocycles. The Morgan fingerprint density at radius 1 is 1.45 bits per heavy atom. The van der Waals surface area contributed by atoms with Crippen molar-refractivity contribution in [2.45, 2.75) is 6.92 Å². The van der Waals surface area contributed by atoms with E-state index >= 15 is 0 Å². The van der Waals surface area contributed by atoms with Gasteiger partial charge >= 0.3 is 5.97 Å². The van der Waals surface area contributed by atoms with Crippen LogP contribution in [0.15, 0.2) is 18.5 Å². The monoisotopic (exact) mass is 273 g/mol. The quantitative estimate of drug-likeness (QED) is 0.748. The van der Waals surface area contributed by atoms with E-state index in [4.69, 9.17) is 4.74 Å². The number of ether oxygens (including phenoxy) is 1. The molecule has 0 bridgehead atoms. The molecule has 0 aliphatic heterocycles. The normalized spacial score (nSPS) is 10.9. The fourth-order valence-corrected chi connectivity index (χ4v) is 1.89. The number of carboxylic acid groups (broad SMARTS) is 1. The van der Waals surface area contributed by atoms with E-state index in [1.165, 1.54) is 12.4 Å². The van der Waals surface area contributed by atoms with Crippen molar-refractivity contribution >= 4 is 17.0 Å². The molecule has 0 unspecified atom stereocenters. The van der Waals surface area contributed by atoms with Crippen molar-refractivity contribution in [1.82, 2.24) is 25.0 Å². The summed E-state index contributed by atoms with van der Waals surface area (Å²) >= 11 is 0. The second-order valence-electron chi connectivity index (χ2n) is 4.30. The highest BCUT2D eigenvalue weighted by atomic mass is 16.5. The molecule has 0 spiro atoms. The number of hydrogen-bond acceptors (Lipinski definition) is 5. The van der Waals surface area contributed by atoms with Crippen LogP contribution >= 0.6 is 0 Å². The Kier molecular flexibility index (Phi) is 2.63. The summed E-state index contributed by atoms with van der Waals surface area (Å²) in [5, 5.41) is 20.5. The molecule has 20 heavy (non-hydrogen) atoms. The van der Waals surface area contributed by atoms with Gasteiger partial charge in [0.2, 0.25) is 5.88 Å². The van der Waals surface area contributed by atoms with E-state index in [9.17, 15) is 9.90 Å². The first-order chi connectivity index (χ1) is 9.56. The second-order valence-corrected chi connectivity index (χ2v) is 4.30. The van der Waals surface area contributed by atoms with Gasteiger partial charge in [0.1, 0.15) is 5.56 Å². The van der Waals surface area contributed by atoms with Crippen LogP contribution in [0, 0.1) is 6.92 Å². The first kappa shape index (κ1) is 12.2. The molecule has 3 aromatic rings. The van der Waals surface area contributed by atoms with Crippen molar-refractivity contribution in [3.8, 4) is 11.6 Å². The smallest absolute Gasteiger partial charge is 0.341 e. The van der Waals surface area contributed by atoms with E-state index in [1.54, 1.807) is 17.8 Å². The maximum absolute atomic E-state index is 11.3. The number of pyridine rings is 1. The maximum atomic E-state index is 11.3. The minimum absolute atomic E-state index is 0.0360. The molecule has 0 aromatic carbocycles. The lowest BCUT2D eigenvalue weighted by Crippen LogP contribution is -2.02. The van der Waals surface area contributed by atoms with Crippen LogP contribution in [-0.2, 0) is 7.05 Å². The standard InChI is InChI=1S/C12H11N5O3/c1-6-3-9(16-15-6)20-10-7-5-14-17(2)11(7)13-4-8(10)12(18)19/h3-5H,1-2H3,(H,15,16)(H,18,19). The largest absolute Gasteiger partial charge is 0.477 e. The lowest BCUT2D eigenvalue weighted by molar-refractivity contribution is 0.0694. The average molecular weight is 273 g/mol. The number of nitrogens with one attached hydrogen (secondary N) is 1. The van der Waals surface area contributed by atoms with Gasteiger partial charge in [0, 0.05) is 25.0 Å². The van der Waals surface area contributed by atoms with Gasteiger partial charge in [-0.3, -0.25) is 9.78 Å². The van der Waals surface area contributed by atoms with Crippen molar-refractivity contribution in [2.75, 3.05) is 0 Å². The number of carboxylic acids is 1. The first-order valence-corrected chi connectivity index (χ1v) is 5.80. The molecule has 8 heteroatoms. The predicted molar refractivity (Wildman–Crippen MR) is 68.9 cm³/mol. The molecule has 3 aromatic heterocycles. The third-order valence-electron chi connectivity index (χ3n) is 2.83. The zero-order valence-corrected chi connectivity index (χ0v) is 10.8. The average Bonchev–Trinajstić information content (AvgIpc) is 2.97. The fourth-order valence-electron chi connectivity index (χ4n) is 1.89. The van der Waals surface area contributed by atoms with E-state index in [-0.39, 0.29) is 11.3 Å². The number of fused-ring (bicyclic) bond motifs is 1. The van der Waals surface area contributed by atoms with Gasteiger partial charge in [0.25, 0.3) is 0 Å². The topological polar surface area (TPSA) is 106 Å². The zero-order valence-electron chi connectivity index (χ0n) is 10.8. The van der Waals surface area contributed by atoms with E-state index in [0.717, 1.165) is 5.69 Å². The summed E-state index contributed by atoms with van der Waals surface area (Å²) in [6, 6.07) is 1.67. The van der Waals surface area contributed by atoms with Crippen LogP contribution in [-0.4, -0.2) is 36.0 Å². The summed E-state index contributed by atoms with van der Waals surface area (Å²) in [6.07, 6.45) is 2.77. The molecular weight excluding hydrogens is 262 g/mol. The minimum atomic E-state index is -1.12. The number of aryl methyl sites for hydroxylation is 2. The van der Waals surface area contributed by atoms with Gasteiger partial charge in [-0.2, -0.15) is 5.10 Å². The second kappa shape index (κ2) is 4.34. The Balaban J connectivity index is 2.19. The molecule has 8 nitrogen and oxygen atoms in total. The van der Waals surface area contributed by atoms with Crippen molar-refractivity contribution < 1.29 is 14.6 Å². The summed E-state index contributed by atoms with van der Waals surface area (Å²) in [5.41, 5.74) is 1.32. The van der Waals surface area contributed by atoms with Crippen LogP contribution in [0.5, 0.6) is 11.6 Å². The molecule has 0 aliphatic rings. The molecule has 0 saturated heterocycles. The van der Waals surface area contributed by atoms with Gasteiger partial charge < -0.3 is 9.84 Å². The molecule has 3 heterocycles. The molecule has 0 radical (unpaired) electrons. The van der Waals surface area contributed by atoms with Crippen molar-refractivity contribution in [3.05, 3.63) is 29.7 Å². The van der Waals surface area contributed by atoms with Crippen LogP contribution in [0.1, 0.15) is 16.1 Å². The third-order valence-corrected chi connectivity index (χ3v) is 2.83. The van der Waals surface area contributed by atoms with Gasteiger partial charge in [-0.1, -0.05) is 0 Å². The Morgan fingerprint density at radius 2 is 2.25 bits per heavy atom. The Bertz CT molecular complexity index is 805. The number of aromatic nitrogens is 5. The van der Waals surface area contributed by atoms with Gasteiger partial charge in [-0.25, -0.2) is 9.78 Å². The third kappa shape index (κ3) is 1.87. The molecule has 3 rings (SSSR count). The number of carbonyl (C=O) groups is 1. The van der Waals surface area contributed by atoms with Crippen molar-refractivity contribution in [3.63, 3.8) is 0 Å². The van der Waals surface area contributed by atoms with E-state index in [1.807, 2.05) is 6.92 Å². The Morgan fingerprint density at radius 3 is 2.90 bits per heavy atom. The van der Waals surface area contributed by atoms with E-state index < -0.39 is 5.97 Å². The van der Waals surface area contributed by atoms with Gasteiger partial charge in [-0.15, -0.1) is 5.10 Å². The number of aromatic carboxylic acids is 1. The van der Waals surface area contributed by atoms with Crippen LogP contribution < -0.4 is 4.74 Å². The number of hydrogen-bond donors (Lipinski definition) is 2. The van der Waals surface area contributed by atoms with Crippen LogP contribution in [0.2, 0.25) is 0 Å². The highest BCUT2D eigenvalue weighted by Crippen LogP contribution is 2.31.